The highest BCUT2D eigenvalue weighted by atomic mass is 16.2. The minimum atomic E-state index is -0.333. The van der Waals surface area contributed by atoms with E-state index < -0.39 is 0 Å². The van der Waals surface area contributed by atoms with Crippen LogP contribution in [0.4, 0.5) is 0 Å². The normalized spacial score (nSPS) is 18.2. The second-order valence-corrected chi connectivity index (χ2v) is 6.17. The molecule has 1 atom stereocenters. The van der Waals surface area contributed by atoms with Crippen molar-refractivity contribution in [3.8, 4) is 0 Å². The van der Waals surface area contributed by atoms with E-state index in [9.17, 15) is 4.79 Å². The van der Waals surface area contributed by atoms with E-state index in [1.54, 1.807) is 0 Å². The first-order valence-corrected chi connectivity index (χ1v) is 7.63. The van der Waals surface area contributed by atoms with Gasteiger partial charge in [0, 0.05) is 6.54 Å². The maximum absolute atomic E-state index is 11.7. The molecule has 3 heteroatoms. The molecule has 1 rings (SSSR count). The number of carbonyl (C=O) groups excluding carboxylic acids is 1. The molecule has 0 bridgehead atoms. The van der Waals surface area contributed by atoms with Crippen LogP contribution in [0.5, 0.6) is 0 Å². The first kappa shape index (κ1) is 15.5. The smallest absolute Gasteiger partial charge is 0.236 e. The lowest BCUT2D eigenvalue weighted by atomic mass is 10.0. The largest absolute Gasteiger partial charge is 0.355 e. The minimum absolute atomic E-state index is 0.0181. The zero-order valence-corrected chi connectivity index (χ0v) is 12.1. The van der Waals surface area contributed by atoms with Gasteiger partial charge in [-0.1, -0.05) is 52.4 Å². The molecule has 0 aliphatic heterocycles. The molecule has 0 spiro atoms. The van der Waals surface area contributed by atoms with E-state index in [1.807, 2.05) is 0 Å². The van der Waals surface area contributed by atoms with Gasteiger partial charge in [0.1, 0.15) is 0 Å². The quantitative estimate of drug-likeness (QED) is 0.654. The lowest BCUT2D eigenvalue weighted by molar-refractivity contribution is -0.122. The van der Waals surface area contributed by atoms with Crippen LogP contribution in [0.3, 0.4) is 0 Å². The molecule has 3 nitrogen and oxygen atoms in total. The molecule has 0 aromatic carbocycles. The van der Waals surface area contributed by atoms with E-state index >= 15 is 0 Å². The second-order valence-electron chi connectivity index (χ2n) is 6.17. The predicted octanol–water partition coefficient (Wildman–Crippen LogP) is 2.84. The molecule has 0 aromatic rings. The summed E-state index contributed by atoms with van der Waals surface area (Å²) in [7, 11) is 0. The van der Waals surface area contributed by atoms with Gasteiger partial charge in [-0.05, 0) is 24.7 Å². The van der Waals surface area contributed by atoms with Crippen LogP contribution in [0, 0.1) is 11.8 Å². The molecule has 1 fully saturated rings. The van der Waals surface area contributed by atoms with E-state index in [4.69, 9.17) is 5.73 Å². The van der Waals surface area contributed by atoms with Crippen LogP contribution in [0.15, 0.2) is 0 Å². The summed E-state index contributed by atoms with van der Waals surface area (Å²) in [5.41, 5.74) is 5.82. The summed E-state index contributed by atoms with van der Waals surface area (Å²) < 4.78 is 0. The number of carbonyl (C=O) groups is 1. The lowest BCUT2D eigenvalue weighted by Gasteiger charge is -2.14. The summed E-state index contributed by atoms with van der Waals surface area (Å²) in [4.78, 5) is 11.7. The highest BCUT2D eigenvalue weighted by Gasteiger charge is 2.15. The third-order valence-electron chi connectivity index (χ3n) is 3.88. The van der Waals surface area contributed by atoms with Crippen molar-refractivity contribution in [2.45, 2.75) is 71.3 Å². The van der Waals surface area contributed by atoms with Crippen molar-refractivity contribution in [3.05, 3.63) is 0 Å². The fourth-order valence-electron chi connectivity index (χ4n) is 2.81. The van der Waals surface area contributed by atoms with Crippen molar-refractivity contribution in [2.75, 3.05) is 6.54 Å². The maximum atomic E-state index is 11.7. The molecule has 1 amide bonds. The number of unbranched alkanes of at least 4 members (excludes halogenated alkanes) is 1. The summed E-state index contributed by atoms with van der Waals surface area (Å²) in [5.74, 6) is 1.46. The van der Waals surface area contributed by atoms with Crippen LogP contribution in [-0.4, -0.2) is 18.5 Å². The van der Waals surface area contributed by atoms with Gasteiger partial charge >= 0.3 is 0 Å². The molecule has 0 unspecified atom stereocenters. The van der Waals surface area contributed by atoms with Crippen molar-refractivity contribution < 1.29 is 4.79 Å². The van der Waals surface area contributed by atoms with Gasteiger partial charge in [-0.3, -0.25) is 4.79 Å². The number of amides is 1. The molecule has 1 saturated carbocycles. The topological polar surface area (TPSA) is 55.1 Å². The summed E-state index contributed by atoms with van der Waals surface area (Å²) in [6, 6.07) is -0.333. The number of rotatable bonds is 8. The predicted molar refractivity (Wildman–Crippen MR) is 76.2 cm³/mol. The summed E-state index contributed by atoms with van der Waals surface area (Å²) in [5, 5.41) is 2.95. The lowest BCUT2D eigenvalue weighted by Crippen LogP contribution is -2.41. The first-order chi connectivity index (χ1) is 8.59. The van der Waals surface area contributed by atoms with Gasteiger partial charge < -0.3 is 11.1 Å². The van der Waals surface area contributed by atoms with Gasteiger partial charge in [-0.15, -0.1) is 0 Å². The summed E-state index contributed by atoms with van der Waals surface area (Å²) in [6.45, 7) is 4.97. The van der Waals surface area contributed by atoms with Crippen LogP contribution >= 0.6 is 0 Å². The van der Waals surface area contributed by atoms with Crippen LogP contribution in [0.1, 0.15) is 65.2 Å². The first-order valence-electron chi connectivity index (χ1n) is 7.63. The average Bonchev–Trinajstić information content (AvgIpc) is 2.80. The maximum Gasteiger partial charge on any atom is 0.236 e. The Kier molecular flexibility index (Phi) is 7.33. The molecular weight excluding hydrogens is 224 g/mol. The van der Waals surface area contributed by atoms with E-state index in [2.05, 4.69) is 19.2 Å². The highest BCUT2D eigenvalue weighted by Crippen LogP contribution is 2.28. The molecule has 0 aromatic heterocycles. The molecule has 0 radical (unpaired) electrons. The Bertz CT molecular complexity index is 235. The summed E-state index contributed by atoms with van der Waals surface area (Å²) in [6.07, 6.45) is 10.1. The van der Waals surface area contributed by atoms with E-state index in [0.717, 1.165) is 25.3 Å². The van der Waals surface area contributed by atoms with Gasteiger partial charge in [0.05, 0.1) is 6.04 Å². The van der Waals surface area contributed by atoms with Crippen LogP contribution in [-0.2, 0) is 4.79 Å². The molecule has 1 aliphatic carbocycles. The van der Waals surface area contributed by atoms with Gasteiger partial charge in [0.2, 0.25) is 5.91 Å². The van der Waals surface area contributed by atoms with Crippen molar-refractivity contribution in [1.29, 1.82) is 0 Å². The highest BCUT2D eigenvalue weighted by molar-refractivity contribution is 5.81. The third-order valence-corrected chi connectivity index (χ3v) is 3.88. The van der Waals surface area contributed by atoms with Crippen molar-refractivity contribution in [1.82, 2.24) is 5.32 Å². The van der Waals surface area contributed by atoms with Crippen molar-refractivity contribution in [3.63, 3.8) is 0 Å². The van der Waals surface area contributed by atoms with Crippen LogP contribution in [0.2, 0.25) is 0 Å². The number of hydrogen-bond donors (Lipinski definition) is 2. The van der Waals surface area contributed by atoms with Gasteiger partial charge in [-0.2, -0.15) is 0 Å². The molecular formula is C15H30N2O. The molecule has 18 heavy (non-hydrogen) atoms. The van der Waals surface area contributed by atoms with Gasteiger partial charge in [-0.25, -0.2) is 0 Å². The molecule has 0 heterocycles. The van der Waals surface area contributed by atoms with Crippen LogP contribution in [0.25, 0.3) is 0 Å². The SMILES string of the molecule is CC(C)C[C@H](N)C(=O)NCCCCC1CCCC1. The monoisotopic (exact) mass is 254 g/mol. The zero-order valence-electron chi connectivity index (χ0n) is 12.1. The number of hydrogen-bond acceptors (Lipinski definition) is 2. The van der Waals surface area contributed by atoms with E-state index in [0.29, 0.717) is 5.92 Å². The van der Waals surface area contributed by atoms with Crippen molar-refractivity contribution >= 4 is 5.91 Å². The number of nitrogens with two attached hydrogens (primary N) is 1. The molecule has 1 aliphatic rings. The van der Waals surface area contributed by atoms with Gasteiger partial charge in [0.15, 0.2) is 0 Å². The molecule has 106 valence electrons. The third kappa shape index (κ3) is 6.39. The fourth-order valence-corrected chi connectivity index (χ4v) is 2.81. The Morgan fingerprint density at radius 3 is 2.56 bits per heavy atom. The van der Waals surface area contributed by atoms with Gasteiger partial charge in [0.25, 0.3) is 0 Å². The Morgan fingerprint density at radius 2 is 1.94 bits per heavy atom. The Labute approximate surface area is 112 Å². The standard InChI is InChI=1S/C15H30N2O/c1-12(2)11-14(16)15(18)17-10-6-5-9-13-7-3-4-8-13/h12-14H,3-11,16H2,1-2H3,(H,17,18)/t14-/m0/s1. The Hall–Kier alpha value is -0.570. The second kappa shape index (κ2) is 8.52. The zero-order chi connectivity index (χ0) is 13.4. The average molecular weight is 254 g/mol. The Morgan fingerprint density at radius 1 is 1.28 bits per heavy atom. The minimum Gasteiger partial charge on any atom is -0.355 e. The number of nitrogens with one attached hydrogen (secondary N) is 1. The Balaban J connectivity index is 1.97. The van der Waals surface area contributed by atoms with Crippen LogP contribution < -0.4 is 11.1 Å². The summed E-state index contributed by atoms with van der Waals surface area (Å²) >= 11 is 0. The van der Waals surface area contributed by atoms with E-state index in [1.165, 1.54) is 38.5 Å². The van der Waals surface area contributed by atoms with E-state index in [-0.39, 0.29) is 11.9 Å². The molecule has 0 saturated heterocycles. The van der Waals surface area contributed by atoms with Crippen molar-refractivity contribution in [2.24, 2.45) is 17.6 Å². The fraction of sp³-hybridized carbons (Fsp3) is 0.933. The molecule has 3 N–H and O–H groups in total.